The summed E-state index contributed by atoms with van der Waals surface area (Å²) in [7, 11) is 2.57. The van der Waals surface area contributed by atoms with Crippen molar-refractivity contribution in [2.45, 2.75) is 25.7 Å². The highest BCUT2D eigenvalue weighted by Gasteiger charge is 2.38. The van der Waals surface area contributed by atoms with Gasteiger partial charge in [-0.15, -0.1) is 9.24 Å². The first kappa shape index (κ1) is 16.7. The molecule has 0 saturated carbocycles. The lowest BCUT2D eigenvalue weighted by molar-refractivity contribution is -0.150. The maximum Gasteiger partial charge on any atom is 0.311 e. The summed E-state index contributed by atoms with van der Waals surface area (Å²) >= 11 is 0. The Morgan fingerprint density at radius 2 is 1.79 bits per heavy atom. The van der Waals surface area contributed by atoms with E-state index in [9.17, 15) is 19.8 Å². The van der Waals surface area contributed by atoms with Gasteiger partial charge in [0.25, 0.3) is 0 Å². The molecular formula is C19H19O4P. The molecule has 1 aliphatic carbocycles. The lowest BCUT2D eigenvalue weighted by atomic mass is 9.81. The number of aliphatic carboxylic acids is 2. The number of fused-ring (bicyclic) bond motifs is 3. The molecule has 3 atom stereocenters. The number of carbonyl (C=O) groups is 2. The van der Waals surface area contributed by atoms with Crippen molar-refractivity contribution < 1.29 is 19.8 Å². The van der Waals surface area contributed by atoms with Crippen LogP contribution in [0.2, 0.25) is 0 Å². The third kappa shape index (κ3) is 2.61. The molecule has 0 amide bonds. The van der Waals surface area contributed by atoms with Crippen LogP contribution in [0.25, 0.3) is 11.1 Å². The predicted molar refractivity (Wildman–Crippen MR) is 95.8 cm³/mol. The molecule has 124 valence electrons. The van der Waals surface area contributed by atoms with Crippen LogP contribution in [-0.4, -0.2) is 22.2 Å². The molecule has 0 spiro atoms. The Hall–Kier alpha value is -2.19. The van der Waals surface area contributed by atoms with Gasteiger partial charge in [-0.1, -0.05) is 43.3 Å². The van der Waals surface area contributed by atoms with E-state index in [-0.39, 0.29) is 6.42 Å². The van der Waals surface area contributed by atoms with Gasteiger partial charge in [-0.2, -0.15) is 0 Å². The van der Waals surface area contributed by atoms with E-state index in [1.807, 2.05) is 36.4 Å². The normalized spacial score (nSPS) is 14.6. The first-order valence-corrected chi connectivity index (χ1v) is 8.48. The van der Waals surface area contributed by atoms with Crippen LogP contribution in [0.15, 0.2) is 36.4 Å². The summed E-state index contributed by atoms with van der Waals surface area (Å²) in [6, 6.07) is 11.8. The van der Waals surface area contributed by atoms with E-state index in [1.54, 1.807) is 6.92 Å². The topological polar surface area (TPSA) is 74.6 Å². The van der Waals surface area contributed by atoms with Crippen LogP contribution < -0.4 is 5.30 Å². The Labute approximate surface area is 142 Å². The van der Waals surface area contributed by atoms with E-state index in [2.05, 4.69) is 9.24 Å². The molecule has 3 rings (SSSR count). The molecule has 0 fully saturated rings. The van der Waals surface area contributed by atoms with E-state index in [1.165, 1.54) is 0 Å². The predicted octanol–water partition coefficient (Wildman–Crippen LogP) is 3.04. The second-order valence-electron chi connectivity index (χ2n) is 6.10. The van der Waals surface area contributed by atoms with Crippen molar-refractivity contribution in [1.29, 1.82) is 0 Å². The molecule has 0 bridgehead atoms. The highest BCUT2D eigenvalue weighted by atomic mass is 31.0. The van der Waals surface area contributed by atoms with Gasteiger partial charge in [0.15, 0.2) is 0 Å². The third-order valence-electron chi connectivity index (χ3n) is 4.80. The van der Waals surface area contributed by atoms with Gasteiger partial charge >= 0.3 is 11.9 Å². The monoisotopic (exact) mass is 342 g/mol. The van der Waals surface area contributed by atoms with Gasteiger partial charge in [0, 0.05) is 0 Å². The van der Waals surface area contributed by atoms with Crippen molar-refractivity contribution >= 4 is 26.5 Å². The first-order chi connectivity index (χ1) is 11.5. The van der Waals surface area contributed by atoms with Crippen molar-refractivity contribution in [2.75, 3.05) is 0 Å². The average molecular weight is 342 g/mol. The van der Waals surface area contributed by atoms with Gasteiger partial charge in [-0.25, -0.2) is 0 Å². The summed E-state index contributed by atoms with van der Waals surface area (Å²) in [5.41, 5.74) is 4.84. The number of carboxylic acid groups (broad SMARTS) is 2. The van der Waals surface area contributed by atoms with Gasteiger partial charge in [0.1, 0.15) is 0 Å². The molecule has 5 heteroatoms. The van der Waals surface area contributed by atoms with Crippen molar-refractivity contribution in [3.05, 3.63) is 53.1 Å². The van der Waals surface area contributed by atoms with Gasteiger partial charge in [-0.3, -0.25) is 9.59 Å². The van der Waals surface area contributed by atoms with Gasteiger partial charge in [0.05, 0.1) is 11.8 Å². The standard InChI is InChI=1S/C19H19O4P/c1-2-11(18(20)21)17(19(22)23)16-14-9-10-5-3-4-6-12(10)13(14)7-8-15(16)24/h3-8,11,17H,2,9,24H2,1H3,(H,20,21)(H,22,23). The lowest BCUT2D eigenvalue weighted by Gasteiger charge is -2.24. The Kier molecular flexibility index (Phi) is 4.42. The lowest BCUT2D eigenvalue weighted by Crippen LogP contribution is -2.31. The van der Waals surface area contributed by atoms with Gasteiger partial charge in [-0.05, 0) is 46.0 Å². The molecule has 24 heavy (non-hydrogen) atoms. The molecule has 2 aromatic rings. The summed E-state index contributed by atoms with van der Waals surface area (Å²) in [4.78, 5) is 23.6. The molecule has 3 unspecified atom stereocenters. The van der Waals surface area contributed by atoms with E-state index < -0.39 is 23.8 Å². The zero-order chi connectivity index (χ0) is 17.4. The number of hydrogen-bond acceptors (Lipinski definition) is 2. The largest absolute Gasteiger partial charge is 0.481 e. The summed E-state index contributed by atoms with van der Waals surface area (Å²) in [5.74, 6) is -4.15. The Morgan fingerprint density at radius 1 is 1.08 bits per heavy atom. The Morgan fingerprint density at radius 3 is 2.42 bits per heavy atom. The fourth-order valence-corrected chi connectivity index (χ4v) is 4.12. The molecule has 0 saturated heterocycles. The molecule has 0 heterocycles. The highest BCUT2D eigenvalue weighted by Crippen LogP contribution is 2.42. The average Bonchev–Trinajstić information content (AvgIpc) is 2.91. The van der Waals surface area contributed by atoms with Gasteiger partial charge < -0.3 is 10.2 Å². The maximum atomic E-state index is 12.0. The molecule has 1 aliphatic rings. The SMILES string of the molecule is CCC(C(=O)O)C(C(=O)O)c1c(P)ccc2c1Cc1ccccc1-2. The molecule has 0 radical (unpaired) electrons. The summed E-state index contributed by atoms with van der Waals surface area (Å²) in [5, 5.41) is 20.0. The molecule has 4 nitrogen and oxygen atoms in total. The van der Waals surface area contributed by atoms with E-state index in [4.69, 9.17) is 0 Å². The van der Waals surface area contributed by atoms with E-state index >= 15 is 0 Å². The van der Waals surface area contributed by atoms with Crippen LogP contribution in [0, 0.1) is 5.92 Å². The minimum atomic E-state index is -1.09. The summed E-state index contributed by atoms with van der Waals surface area (Å²) < 4.78 is 0. The second-order valence-corrected chi connectivity index (χ2v) is 6.72. The van der Waals surface area contributed by atoms with Crippen LogP contribution >= 0.6 is 9.24 Å². The van der Waals surface area contributed by atoms with Crippen LogP contribution in [0.1, 0.15) is 36.0 Å². The van der Waals surface area contributed by atoms with Crippen LogP contribution in [0.4, 0.5) is 0 Å². The highest BCUT2D eigenvalue weighted by molar-refractivity contribution is 7.27. The van der Waals surface area contributed by atoms with E-state index in [0.29, 0.717) is 12.0 Å². The number of hydrogen-bond donors (Lipinski definition) is 2. The third-order valence-corrected chi connectivity index (χ3v) is 5.31. The number of benzene rings is 2. The fourth-order valence-electron chi connectivity index (χ4n) is 3.67. The Bertz CT molecular complexity index is 828. The van der Waals surface area contributed by atoms with Crippen LogP contribution in [0.3, 0.4) is 0 Å². The van der Waals surface area contributed by atoms with Crippen molar-refractivity contribution in [2.24, 2.45) is 5.92 Å². The summed E-state index contributed by atoms with van der Waals surface area (Å²) in [6.07, 6.45) is 0.913. The first-order valence-electron chi connectivity index (χ1n) is 7.90. The van der Waals surface area contributed by atoms with Crippen molar-refractivity contribution in [3.63, 3.8) is 0 Å². The molecular weight excluding hydrogens is 323 g/mol. The van der Waals surface area contributed by atoms with Crippen molar-refractivity contribution in [3.8, 4) is 11.1 Å². The molecule has 0 aliphatic heterocycles. The molecule has 2 aromatic carbocycles. The van der Waals surface area contributed by atoms with Crippen LogP contribution in [0.5, 0.6) is 0 Å². The second kappa shape index (κ2) is 6.37. The quantitative estimate of drug-likeness (QED) is 0.699. The summed E-state index contributed by atoms with van der Waals surface area (Å²) in [6.45, 7) is 1.72. The minimum Gasteiger partial charge on any atom is -0.481 e. The van der Waals surface area contributed by atoms with Crippen molar-refractivity contribution in [1.82, 2.24) is 0 Å². The smallest absolute Gasteiger partial charge is 0.311 e. The minimum absolute atomic E-state index is 0.271. The number of rotatable bonds is 5. The van der Waals surface area contributed by atoms with Crippen LogP contribution in [-0.2, 0) is 16.0 Å². The zero-order valence-electron chi connectivity index (χ0n) is 13.3. The van der Waals surface area contributed by atoms with Gasteiger partial charge in [0.2, 0.25) is 0 Å². The Balaban J connectivity index is 2.21. The number of carboxylic acids is 2. The molecule has 0 aromatic heterocycles. The molecule has 2 N–H and O–H groups in total. The zero-order valence-corrected chi connectivity index (χ0v) is 14.5. The fraction of sp³-hybridized carbons (Fsp3) is 0.263. The maximum absolute atomic E-state index is 12.0. The van der Waals surface area contributed by atoms with E-state index in [0.717, 1.165) is 27.6 Å².